The van der Waals surface area contributed by atoms with Gasteiger partial charge in [0.2, 0.25) is 0 Å². The van der Waals surface area contributed by atoms with Crippen LogP contribution in [0.1, 0.15) is 5.56 Å². The molecule has 0 atom stereocenters. The van der Waals surface area contributed by atoms with E-state index >= 15 is 0 Å². The molecule has 0 amide bonds. The summed E-state index contributed by atoms with van der Waals surface area (Å²) in [5.74, 6) is 1.14. The van der Waals surface area contributed by atoms with Crippen molar-refractivity contribution in [2.24, 2.45) is 0 Å². The summed E-state index contributed by atoms with van der Waals surface area (Å²) in [5.41, 5.74) is 0.933. The molecule has 2 aromatic rings. The Hall–Kier alpha value is -2.67. The fourth-order valence-electron chi connectivity index (χ4n) is 2.21. The summed E-state index contributed by atoms with van der Waals surface area (Å²) >= 11 is 0. The van der Waals surface area contributed by atoms with Gasteiger partial charge in [-0.3, -0.25) is 0 Å². The predicted molar refractivity (Wildman–Crippen MR) is 94.3 cm³/mol. The van der Waals surface area contributed by atoms with Crippen molar-refractivity contribution in [1.82, 2.24) is 0 Å². The zero-order valence-corrected chi connectivity index (χ0v) is 15.1. The van der Waals surface area contributed by atoms with Gasteiger partial charge in [-0.1, -0.05) is 12.1 Å². The quantitative estimate of drug-likeness (QED) is 0.529. The first kappa shape index (κ1) is 18.7. The number of methoxy groups -OCH3 is 3. The third-order valence-corrected chi connectivity index (χ3v) is 4.68. The highest BCUT2D eigenvalue weighted by molar-refractivity contribution is 7.87. The average molecular weight is 364 g/mol. The Balaban J connectivity index is 2.37. The van der Waals surface area contributed by atoms with Gasteiger partial charge in [-0.15, -0.1) is 6.58 Å². The number of benzene rings is 2. The standard InChI is InChI=1S/C18H20O6S/c1-5-6-13-7-9-16(17(11-13)22-3)24-25(19,20)14-8-10-15(21-2)18(12-14)23-4/h5,7-12H,1,6H2,2-4H3. The summed E-state index contributed by atoms with van der Waals surface area (Å²) in [6, 6.07) is 9.24. The lowest BCUT2D eigenvalue weighted by Crippen LogP contribution is -2.11. The van der Waals surface area contributed by atoms with E-state index in [2.05, 4.69) is 6.58 Å². The van der Waals surface area contributed by atoms with Gasteiger partial charge in [-0.05, 0) is 36.2 Å². The Bertz CT molecular complexity index is 858. The number of rotatable bonds is 8. The van der Waals surface area contributed by atoms with Crippen molar-refractivity contribution >= 4 is 10.1 Å². The van der Waals surface area contributed by atoms with Gasteiger partial charge in [0.1, 0.15) is 4.90 Å². The van der Waals surface area contributed by atoms with Gasteiger partial charge in [-0.25, -0.2) is 0 Å². The van der Waals surface area contributed by atoms with E-state index < -0.39 is 10.1 Å². The topological polar surface area (TPSA) is 71.1 Å². The Morgan fingerprint density at radius 3 is 2.08 bits per heavy atom. The van der Waals surface area contributed by atoms with E-state index in [1.54, 1.807) is 24.3 Å². The van der Waals surface area contributed by atoms with Gasteiger partial charge >= 0.3 is 10.1 Å². The van der Waals surface area contributed by atoms with Crippen LogP contribution in [0.4, 0.5) is 0 Å². The van der Waals surface area contributed by atoms with Crippen LogP contribution in [-0.2, 0) is 16.5 Å². The number of allylic oxidation sites excluding steroid dienone is 1. The van der Waals surface area contributed by atoms with Crippen LogP contribution in [-0.4, -0.2) is 29.7 Å². The molecule has 0 heterocycles. The lowest BCUT2D eigenvalue weighted by atomic mass is 10.1. The molecule has 134 valence electrons. The van der Waals surface area contributed by atoms with Crippen LogP contribution in [0.15, 0.2) is 53.9 Å². The van der Waals surface area contributed by atoms with Gasteiger partial charge in [0.25, 0.3) is 0 Å². The molecular formula is C18H20O6S. The number of hydrogen-bond acceptors (Lipinski definition) is 6. The minimum absolute atomic E-state index is 0.0534. The minimum atomic E-state index is -4.06. The zero-order chi connectivity index (χ0) is 18.4. The lowest BCUT2D eigenvalue weighted by molar-refractivity contribution is 0.353. The van der Waals surface area contributed by atoms with Crippen molar-refractivity contribution in [3.63, 3.8) is 0 Å². The molecule has 0 N–H and O–H groups in total. The molecule has 0 unspecified atom stereocenters. The second-order valence-electron chi connectivity index (χ2n) is 5.03. The fraction of sp³-hybridized carbons (Fsp3) is 0.222. The molecule has 0 spiro atoms. The van der Waals surface area contributed by atoms with Crippen LogP contribution < -0.4 is 18.4 Å². The van der Waals surface area contributed by atoms with E-state index in [9.17, 15) is 8.42 Å². The van der Waals surface area contributed by atoms with E-state index in [1.807, 2.05) is 0 Å². The molecule has 0 saturated carbocycles. The van der Waals surface area contributed by atoms with Gasteiger partial charge in [-0.2, -0.15) is 8.42 Å². The molecule has 2 rings (SSSR count). The first-order valence-corrected chi connectivity index (χ1v) is 8.80. The highest BCUT2D eigenvalue weighted by atomic mass is 32.2. The Morgan fingerprint density at radius 1 is 0.880 bits per heavy atom. The molecule has 25 heavy (non-hydrogen) atoms. The largest absolute Gasteiger partial charge is 0.493 e. The van der Waals surface area contributed by atoms with Gasteiger partial charge in [0.15, 0.2) is 23.0 Å². The molecule has 6 nitrogen and oxygen atoms in total. The molecule has 0 aliphatic rings. The smallest absolute Gasteiger partial charge is 0.339 e. The van der Waals surface area contributed by atoms with E-state index in [0.717, 1.165) is 5.56 Å². The van der Waals surface area contributed by atoms with Crippen LogP contribution in [0, 0.1) is 0 Å². The molecule has 0 fully saturated rings. The SMILES string of the molecule is C=CCc1ccc(OS(=O)(=O)c2ccc(OC)c(OC)c2)c(OC)c1. The van der Waals surface area contributed by atoms with Gasteiger partial charge < -0.3 is 18.4 Å². The summed E-state index contributed by atoms with van der Waals surface area (Å²) in [4.78, 5) is -0.0534. The first-order valence-electron chi connectivity index (χ1n) is 7.39. The van der Waals surface area contributed by atoms with Crippen molar-refractivity contribution in [2.45, 2.75) is 11.3 Å². The summed E-state index contributed by atoms with van der Waals surface area (Å²) < 4.78 is 45.8. The highest BCUT2D eigenvalue weighted by Gasteiger charge is 2.21. The van der Waals surface area contributed by atoms with Crippen LogP contribution in [0.2, 0.25) is 0 Å². The Morgan fingerprint density at radius 2 is 1.48 bits per heavy atom. The van der Waals surface area contributed by atoms with Crippen LogP contribution >= 0.6 is 0 Å². The predicted octanol–water partition coefficient (Wildman–Crippen LogP) is 3.21. The number of hydrogen-bond donors (Lipinski definition) is 0. The van der Waals surface area contributed by atoms with E-state index in [4.69, 9.17) is 18.4 Å². The summed E-state index contributed by atoms with van der Waals surface area (Å²) in [7, 11) is 0.280. The maximum atomic E-state index is 12.6. The third kappa shape index (κ3) is 4.24. The van der Waals surface area contributed by atoms with Crippen molar-refractivity contribution in [3.8, 4) is 23.0 Å². The Kier molecular flexibility index (Phi) is 5.93. The normalized spacial score (nSPS) is 10.8. The monoisotopic (exact) mass is 364 g/mol. The minimum Gasteiger partial charge on any atom is -0.493 e. The molecule has 7 heteroatoms. The maximum absolute atomic E-state index is 12.6. The van der Waals surface area contributed by atoms with Gasteiger partial charge in [0, 0.05) is 6.07 Å². The average Bonchev–Trinajstić information content (AvgIpc) is 2.62. The lowest BCUT2D eigenvalue weighted by Gasteiger charge is -2.13. The third-order valence-electron chi connectivity index (χ3n) is 3.45. The Labute approximate surface area is 147 Å². The highest BCUT2D eigenvalue weighted by Crippen LogP contribution is 2.33. The van der Waals surface area contributed by atoms with Crippen LogP contribution in [0.25, 0.3) is 0 Å². The second-order valence-corrected chi connectivity index (χ2v) is 6.58. The van der Waals surface area contributed by atoms with Crippen LogP contribution in [0.5, 0.6) is 23.0 Å². The molecule has 0 aromatic heterocycles. The van der Waals surface area contributed by atoms with Crippen LogP contribution in [0.3, 0.4) is 0 Å². The summed E-state index contributed by atoms with van der Waals surface area (Å²) in [5, 5.41) is 0. The van der Waals surface area contributed by atoms with E-state index in [1.165, 1.54) is 39.5 Å². The van der Waals surface area contributed by atoms with Gasteiger partial charge in [0.05, 0.1) is 21.3 Å². The first-order chi connectivity index (χ1) is 11.9. The van der Waals surface area contributed by atoms with Crippen molar-refractivity contribution in [3.05, 3.63) is 54.6 Å². The van der Waals surface area contributed by atoms with Crippen molar-refractivity contribution < 1.29 is 26.8 Å². The van der Waals surface area contributed by atoms with E-state index in [-0.39, 0.29) is 10.6 Å². The maximum Gasteiger partial charge on any atom is 0.339 e. The molecule has 0 saturated heterocycles. The number of ether oxygens (including phenoxy) is 3. The molecule has 0 aliphatic heterocycles. The van der Waals surface area contributed by atoms with E-state index in [0.29, 0.717) is 23.7 Å². The summed E-state index contributed by atoms with van der Waals surface area (Å²) in [6.45, 7) is 3.67. The molecule has 0 radical (unpaired) electrons. The summed E-state index contributed by atoms with van der Waals surface area (Å²) in [6.07, 6.45) is 2.38. The van der Waals surface area contributed by atoms with Crippen molar-refractivity contribution in [2.75, 3.05) is 21.3 Å². The molecule has 0 aliphatic carbocycles. The zero-order valence-electron chi connectivity index (χ0n) is 14.3. The molecular weight excluding hydrogens is 344 g/mol. The molecule has 0 bridgehead atoms. The van der Waals surface area contributed by atoms with Crippen molar-refractivity contribution in [1.29, 1.82) is 0 Å². The fourth-order valence-corrected chi connectivity index (χ4v) is 3.17. The second kappa shape index (κ2) is 7.94. The molecule has 2 aromatic carbocycles.